The van der Waals surface area contributed by atoms with Gasteiger partial charge in [-0.1, -0.05) is 33.6 Å². The Kier molecular flexibility index (Phi) is 6.38. The Labute approximate surface area is 89.9 Å². The predicted octanol–water partition coefficient (Wildman–Crippen LogP) is 2.62. The largest absolute Gasteiger partial charge is 0.326 e. The van der Waals surface area contributed by atoms with Crippen LogP contribution >= 0.6 is 0 Å². The monoisotopic (exact) mass is 200 g/mol. The van der Waals surface area contributed by atoms with Crippen LogP contribution in [0.15, 0.2) is 0 Å². The lowest BCUT2D eigenvalue weighted by atomic mass is 9.89. The molecule has 0 aromatic rings. The molecule has 0 spiro atoms. The first-order valence-electron chi connectivity index (χ1n) is 6.01. The Hall–Kier alpha value is -0.0800. The fourth-order valence-electron chi connectivity index (χ4n) is 2.05. The standard InChI is InChI=1S/C12H28N2/c1-6-9-10-11(13)12(4,5)14(7-2)8-3/h11H,6-10,13H2,1-5H3. The van der Waals surface area contributed by atoms with Crippen LogP contribution in [0.3, 0.4) is 0 Å². The lowest BCUT2D eigenvalue weighted by Gasteiger charge is -2.42. The number of likely N-dealkylation sites (N-methyl/N-ethyl adjacent to an activating group) is 1. The predicted molar refractivity (Wildman–Crippen MR) is 64.5 cm³/mol. The van der Waals surface area contributed by atoms with Crippen LogP contribution in [0, 0.1) is 0 Å². The van der Waals surface area contributed by atoms with Crippen molar-refractivity contribution in [3.63, 3.8) is 0 Å². The molecule has 86 valence electrons. The van der Waals surface area contributed by atoms with E-state index in [-0.39, 0.29) is 5.54 Å². The molecule has 0 aliphatic carbocycles. The van der Waals surface area contributed by atoms with E-state index in [9.17, 15) is 0 Å². The van der Waals surface area contributed by atoms with E-state index >= 15 is 0 Å². The van der Waals surface area contributed by atoms with Crippen molar-refractivity contribution in [3.05, 3.63) is 0 Å². The molecule has 0 saturated carbocycles. The lowest BCUT2D eigenvalue weighted by Crippen LogP contribution is -2.55. The van der Waals surface area contributed by atoms with Crippen molar-refractivity contribution in [3.8, 4) is 0 Å². The molecule has 0 saturated heterocycles. The van der Waals surface area contributed by atoms with Crippen LogP contribution in [0.5, 0.6) is 0 Å². The fourth-order valence-corrected chi connectivity index (χ4v) is 2.05. The molecule has 0 heterocycles. The molecule has 1 unspecified atom stereocenters. The van der Waals surface area contributed by atoms with Gasteiger partial charge in [-0.3, -0.25) is 4.90 Å². The quantitative estimate of drug-likeness (QED) is 0.684. The number of nitrogens with two attached hydrogens (primary N) is 1. The average molecular weight is 200 g/mol. The topological polar surface area (TPSA) is 29.3 Å². The van der Waals surface area contributed by atoms with Gasteiger partial charge in [-0.05, 0) is 33.4 Å². The van der Waals surface area contributed by atoms with Gasteiger partial charge >= 0.3 is 0 Å². The van der Waals surface area contributed by atoms with Gasteiger partial charge in [-0.2, -0.15) is 0 Å². The molecule has 0 aliphatic heterocycles. The molecule has 0 radical (unpaired) electrons. The molecule has 0 rings (SSSR count). The minimum Gasteiger partial charge on any atom is -0.326 e. The summed E-state index contributed by atoms with van der Waals surface area (Å²) in [6.07, 6.45) is 3.62. The van der Waals surface area contributed by atoms with E-state index < -0.39 is 0 Å². The third-order valence-corrected chi connectivity index (χ3v) is 3.35. The van der Waals surface area contributed by atoms with Crippen molar-refractivity contribution < 1.29 is 0 Å². The van der Waals surface area contributed by atoms with Crippen molar-refractivity contribution in [1.29, 1.82) is 0 Å². The van der Waals surface area contributed by atoms with E-state index in [1.807, 2.05) is 0 Å². The van der Waals surface area contributed by atoms with Crippen LogP contribution in [0.1, 0.15) is 53.9 Å². The summed E-state index contributed by atoms with van der Waals surface area (Å²) >= 11 is 0. The molecule has 2 heteroatoms. The molecule has 0 amide bonds. The molecule has 1 atom stereocenters. The summed E-state index contributed by atoms with van der Waals surface area (Å²) in [4.78, 5) is 2.45. The smallest absolute Gasteiger partial charge is 0.0303 e. The van der Waals surface area contributed by atoms with Gasteiger partial charge in [0.05, 0.1) is 0 Å². The molecule has 14 heavy (non-hydrogen) atoms. The summed E-state index contributed by atoms with van der Waals surface area (Å²) in [7, 11) is 0. The first-order chi connectivity index (χ1) is 6.50. The average Bonchev–Trinajstić information content (AvgIpc) is 2.15. The van der Waals surface area contributed by atoms with Gasteiger partial charge in [-0.15, -0.1) is 0 Å². The van der Waals surface area contributed by atoms with E-state index in [2.05, 4.69) is 39.5 Å². The summed E-state index contributed by atoms with van der Waals surface area (Å²) in [6.45, 7) is 13.3. The fraction of sp³-hybridized carbons (Fsp3) is 1.00. The van der Waals surface area contributed by atoms with Gasteiger partial charge < -0.3 is 5.73 Å². The Bertz CT molecular complexity index is 139. The number of hydrogen-bond donors (Lipinski definition) is 1. The Balaban J connectivity index is 4.25. The highest BCUT2D eigenvalue weighted by molar-refractivity contribution is 4.90. The van der Waals surface area contributed by atoms with Gasteiger partial charge in [0.2, 0.25) is 0 Å². The van der Waals surface area contributed by atoms with Gasteiger partial charge in [-0.25, -0.2) is 0 Å². The normalized spacial score (nSPS) is 14.8. The number of unbranched alkanes of at least 4 members (excludes halogenated alkanes) is 1. The highest BCUT2D eigenvalue weighted by atomic mass is 15.2. The molecule has 0 aromatic heterocycles. The SMILES string of the molecule is CCCCC(N)C(C)(C)N(CC)CC. The van der Waals surface area contributed by atoms with Crippen molar-refractivity contribution in [2.45, 2.75) is 65.5 Å². The van der Waals surface area contributed by atoms with E-state index in [0.29, 0.717) is 6.04 Å². The second kappa shape index (κ2) is 6.41. The minimum absolute atomic E-state index is 0.138. The molecule has 0 bridgehead atoms. The van der Waals surface area contributed by atoms with Crippen LogP contribution in [0.2, 0.25) is 0 Å². The van der Waals surface area contributed by atoms with Crippen molar-refractivity contribution in [1.82, 2.24) is 4.90 Å². The van der Waals surface area contributed by atoms with Crippen LogP contribution in [-0.4, -0.2) is 29.6 Å². The Morgan fingerprint density at radius 2 is 1.64 bits per heavy atom. The van der Waals surface area contributed by atoms with E-state index in [1.165, 1.54) is 12.8 Å². The number of rotatable bonds is 7. The van der Waals surface area contributed by atoms with Crippen LogP contribution < -0.4 is 5.73 Å². The van der Waals surface area contributed by atoms with Gasteiger partial charge in [0.25, 0.3) is 0 Å². The van der Waals surface area contributed by atoms with Gasteiger partial charge in [0.15, 0.2) is 0 Å². The van der Waals surface area contributed by atoms with Crippen molar-refractivity contribution in [2.24, 2.45) is 5.73 Å². The summed E-state index contributed by atoms with van der Waals surface area (Å²) in [5, 5.41) is 0. The molecule has 0 aromatic carbocycles. The first-order valence-corrected chi connectivity index (χ1v) is 6.01. The van der Waals surface area contributed by atoms with Crippen LogP contribution in [-0.2, 0) is 0 Å². The summed E-state index contributed by atoms with van der Waals surface area (Å²) in [5.41, 5.74) is 6.39. The third kappa shape index (κ3) is 3.58. The maximum Gasteiger partial charge on any atom is 0.0303 e. The molecular weight excluding hydrogens is 172 g/mol. The number of nitrogens with zero attached hydrogens (tertiary/aromatic N) is 1. The maximum atomic E-state index is 6.25. The highest BCUT2D eigenvalue weighted by Crippen LogP contribution is 2.20. The van der Waals surface area contributed by atoms with Crippen LogP contribution in [0.25, 0.3) is 0 Å². The van der Waals surface area contributed by atoms with Crippen LogP contribution in [0.4, 0.5) is 0 Å². The first kappa shape index (κ1) is 13.9. The summed E-state index contributed by atoms with van der Waals surface area (Å²) in [6, 6.07) is 0.294. The van der Waals surface area contributed by atoms with Gasteiger partial charge in [0.1, 0.15) is 0 Å². The summed E-state index contributed by atoms with van der Waals surface area (Å²) in [5.74, 6) is 0. The zero-order valence-electron chi connectivity index (χ0n) is 10.6. The molecule has 0 fully saturated rings. The zero-order chi connectivity index (χ0) is 11.2. The second-order valence-electron chi connectivity index (χ2n) is 4.57. The van der Waals surface area contributed by atoms with E-state index in [0.717, 1.165) is 19.5 Å². The summed E-state index contributed by atoms with van der Waals surface area (Å²) < 4.78 is 0. The zero-order valence-corrected chi connectivity index (χ0v) is 10.6. The Morgan fingerprint density at radius 1 is 1.14 bits per heavy atom. The highest BCUT2D eigenvalue weighted by Gasteiger charge is 2.30. The lowest BCUT2D eigenvalue weighted by molar-refractivity contribution is 0.102. The molecule has 2 nitrogen and oxygen atoms in total. The van der Waals surface area contributed by atoms with E-state index in [1.54, 1.807) is 0 Å². The molecular formula is C12H28N2. The van der Waals surface area contributed by atoms with Crippen molar-refractivity contribution >= 4 is 0 Å². The van der Waals surface area contributed by atoms with E-state index in [4.69, 9.17) is 5.73 Å². The molecule has 0 aliphatic rings. The maximum absolute atomic E-state index is 6.25. The number of hydrogen-bond acceptors (Lipinski definition) is 2. The Morgan fingerprint density at radius 3 is 2.00 bits per heavy atom. The second-order valence-corrected chi connectivity index (χ2v) is 4.57. The van der Waals surface area contributed by atoms with Crippen molar-refractivity contribution in [2.75, 3.05) is 13.1 Å². The van der Waals surface area contributed by atoms with Gasteiger partial charge in [0, 0.05) is 11.6 Å². The minimum atomic E-state index is 0.138. The third-order valence-electron chi connectivity index (χ3n) is 3.35. The molecule has 2 N–H and O–H groups in total.